The van der Waals surface area contributed by atoms with Crippen molar-refractivity contribution in [1.29, 1.82) is 0 Å². The fourth-order valence-corrected chi connectivity index (χ4v) is 2.06. The summed E-state index contributed by atoms with van der Waals surface area (Å²) in [4.78, 5) is 18.7. The first-order valence-electron chi connectivity index (χ1n) is 4.98. The second-order valence-electron chi connectivity index (χ2n) is 3.31. The fourth-order valence-electron chi connectivity index (χ4n) is 1.40. The Morgan fingerprint density at radius 3 is 3.00 bits per heavy atom. The highest BCUT2D eigenvalue weighted by Gasteiger charge is 2.03. The maximum Gasteiger partial charge on any atom is 0.270 e. The molecule has 1 heterocycles. The Labute approximate surface area is 96.7 Å². The highest BCUT2D eigenvalue weighted by molar-refractivity contribution is 7.98. The van der Waals surface area contributed by atoms with Gasteiger partial charge in [-0.15, -0.1) is 0 Å². The molecule has 2 aromatic rings. The maximum atomic E-state index is 11.6. The zero-order valence-corrected chi connectivity index (χ0v) is 9.46. The van der Waals surface area contributed by atoms with Gasteiger partial charge in [-0.2, -0.15) is 11.8 Å². The monoisotopic (exact) mass is 236 g/mol. The third kappa shape index (κ3) is 2.43. The van der Waals surface area contributed by atoms with E-state index in [4.69, 9.17) is 5.11 Å². The number of fused-ring (bicyclic) bond motifs is 1. The molecule has 0 saturated carbocycles. The van der Waals surface area contributed by atoms with Gasteiger partial charge in [0.05, 0.1) is 17.6 Å². The summed E-state index contributed by atoms with van der Waals surface area (Å²) in [6.45, 7) is 0.121. The second kappa shape index (κ2) is 5.14. The molecule has 16 heavy (non-hydrogen) atoms. The van der Waals surface area contributed by atoms with Crippen LogP contribution in [0.15, 0.2) is 29.1 Å². The van der Waals surface area contributed by atoms with Crippen molar-refractivity contribution in [2.45, 2.75) is 5.75 Å². The van der Waals surface area contributed by atoms with E-state index >= 15 is 0 Å². The van der Waals surface area contributed by atoms with Crippen molar-refractivity contribution in [2.24, 2.45) is 0 Å². The van der Waals surface area contributed by atoms with Crippen LogP contribution >= 0.6 is 11.8 Å². The quantitative estimate of drug-likeness (QED) is 0.781. The maximum absolute atomic E-state index is 11.6. The third-order valence-corrected chi connectivity index (χ3v) is 3.09. The van der Waals surface area contributed by atoms with Gasteiger partial charge in [-0.05, 0) is 12.1 Å². The summed E-state index contributed by atoms with van der Waals surface area (Å²) >= 11 is 1.50. The summed E-state index contributed by atoms with van der Waals surface area (Å²) < 4.78 is 0. The molecule has 0 radical (unpaired) electrons. The third-order valence-electron chi connectivity index (χ3n) is 2.14. The highest BCUT2D eigenvalue weighted by Crippen LogP contribution is 2.10. The van der Waals surface area contributed by atoms with Gasteiger partial charge in [0.2, 0.25) is 0 Å². The molecule has 0 amide bonds. The minimum atomic E-state index is -0.149. The van der Waals surface area contributed by atoms with Crippen molar-refractivity contribution >= 4 is 22.8 Å². The number of nitrogens with zero attached hydrogens (tertiary/aromatic N) is 1. The van der Waals surface area contributed by atoms with Gasteiger partial charge in [0.15, 0.2) is 0 Å². The molecular formula is C11H12N2O2S. The predicted octanol–water partition coefficient (Wildman–Crippen LogP) is 1.15. The number of H-pyrrole nitrogens is 1. The Morgan fingerprint density at radius 1 is 1.38 bits per heavy atom. The first-order chi connectivity index (χ1) is 7.81. The Morgan fingerprint density at radius 2 is 2.19 bits per heavy atom. The highest BCUT2D eigenvalue weighted by atomic mass is 32.2. The van der Waals surface area contributed by atoms with Crippen LogP contribution in [0.4, 0.5) is 0 Å². The van der Waals surface area contributed by atoms with E-state index in [1.165, 1.54) is 11.8 Å². The number of rotatable bonds is 4. The molecule has 1 aromatic carbocycles. The lowest BCUT2D eigenvalue weighted by Gasteiger charge is -2.01. The molecule has 0 bridgehead atoms. The number of benzene rings is 1. The molecule has 0 fully saturated rings. The lowest BCUT2D eigenvalue weighted by molar-refractivity contribution is 0.322. The fraction of sp³-hybridized carbons (Fsp3) is 0.273. The van der Waals surface area contributed by atoms with Gasteiger partial charge in [0.1, 0.15) is 5.69 Å². The number of hydrogen-bond donors (Lipinski definition) is 2. The van der Waals surface area contributed by atoms with Gasteiger partial charge in [-0.1, -0.05) is 12.1 Å². The number of aliphatic hydroxyl groups is 1. The summed E-state index contributed by atoms with van der Waals surface area (Å²) in [7, 11) is 0. The zero-order chi connectivity index (χ0) is 11.4. The number of hydrogen-bond acceptors (Lipinski definition) is 4. The van der Waals surface area contributed by atoms with Crippen LogP contribution in [-0.2, 0) is 5.75 Å². The zero-order valence-electron chi connectivity index (χ0n) is 8.64. The van der Waals surface area contributed by atoms with Crippen LogP contribution in [0.5, 0.6) is 0 Å². The van der Waals surface area contributed by atoms with Crippen LogP contribution in [0.3, 0.4) is 0 Å². The van der Waals surface area contributed by atoms with Gasteiger partial charge < -0.3 is 10.1 Å². The van der Waals surface area contributed by atoms with Gasteiger partial charge in [0, 0.05) is 11.5 Å². The normalized spacial score (nSPS) is 10.8. The Bertz CT molecular complexity index is 539. The molecule has 0 atom stereocenters. The summed E-state index contributed by atoms with van der Waals surface area (Å²) in [6, 6.07) is 7.44. The minimum absolute atomic E-state index is 0.121. The molecular weight excluding hydrogens is 224 g/mol. The van der Waals surface area contributed by atoms with Gasteiger partial charge in [-0.25, -0.2) is 4.98 Å². The van der Waals surface area contributed by atoms with Crippen LogP contribution in [0.1, 0.15) is 5.69 Å². The van der Waals surface area contributed by atoms with Crippen LogP contribution in [0, 0.1) is 0 Å². The summed E-state index contributed by atoms with van der Waals surface area (Å²) in [6.07, 6.45) is 0. The second-order valence-corrected chi connectivity index (χ2v) is 4.41. The number of thioether (sulfide) groups is 1. The molecule has 1 aromatic heterocycles. The van der Waals surface area contributed by atoms with Crippen molar-refractivity contribution in [1.82, 2.24) is 9.97 Å². The molecule has 0 saturated heterocycles. The van der Waals surface area contributed by atoms with Crippen molar-refractivity contribution in [3.63, 3.8) is 0 Å². The molecule has 5 heteroatoms. The molecule has 0 unspecified atom stereocenters. The van der Waals surface area contributed by atoms with E-state index in [1.807, 2.05) is 24.3 Å². The van der Waals surface area contributed by atoms with Crippen LogP contribution in [0.2, 0.25) is 0 Å². The average molecular weight is 236 g/mol. The first-order valence-corrected chi connectivity index (χ1v) is 6.13. The number of para-hydroxylation sites is 2. The van der Waals surface area contributed by atoms with E-state index in [-0.39, 0.29) is 12.2 Å². The molecule has 0 aliphatic rings. The average Bonchev–Trinajstić information content (AvgIpc) is 2.30. The van der Waals surface area contributed by atoms with E-state index in [2.05, 4.69) is 9.97 Å². The molecule has 0 aliphatic carbocycles. The largest absolute Gasteiger partial charge is 0.396 e. The number of aromatic amines is 1. The standard InChI is InChI=1S/C11H12N2O2S/c14-5-6-16-7-10-11(15)13-9-4-2-1-3-8(9)12-10/h1-4,14H,5-7H2,(H,13,15). The lowest BCUT2D eigenvalue weighted by atomic mass is 10.3. The lowest BCUT2D eigenvalue weighted by Crippen LogP contribution is -2.14. The van der Waals surface area contributed by atoms with Crippen LogP contribution < -0.4 is 5.56 Å². The van der Waals surface area contributed by atoms with Gasteiger partial charge >= 0.3 is 0 Å². The molecule has 84 valence electrons. The molecule has 0 spiro atoms. The first kappa shape index (κ1) is 11.2. The van der Waals surface area contributed by atoms with E-state index in [1.54, 1.807) is 0 Å². The van der Waals surface area contributed by atoms with Crippen molar-refractivity contribution in [3.8, 4) is 0 Å². The van der Waals surface area contributed by atoms with Crippen LogP contribution in [-0.4, -0.2) is 27.4 Å². The number of aromatic nitrogens is 2. The topological polar surface area (TPSA) is 66.0 Å². The number of aliphatic hydroxyl groups excluding tert-OH is 1. The molecule has 4 nitrogen and oxygen atoms in total. The minimum Gasteiger partial charge on any atom is -0.396 e. The van der Waals surface area contributed by atoms with E-state index < -0.39 is 0 Å². The van der Waals surface area contributed by atoms with Crippen LogP contribution in [0.25, 0.3) is 11.0 Å². The van der Waals surface area contributed by atoms with E-state index in [0.717, 1.165) is 11.0 Å². The van der Waals surface area contributed by atoms with Crippen molar-refractivity contribution in [3.05, 3.63) is 40.3 Å². The van der Waals surface area contributed by atoms with Crippen molar-refractivity contribution in [2.75, 3.05) is 12.4 Å². The number of nitrogens with one attached hydrogen (secondary N) is 1. The molecule has 2 rings (SSSR count). The summed E-state index contributed by atoms with van der Waals surface area (Å²) in [5.41, 5.74) is 1.91. The molecule has 0 aliphatic heterocycles. The van der Waals surface area contributed by atoms with Gasteiger partial charge in [-0.3, -0.25) is 4.79 Å². The summed E-state index contributed by atoms with van der Waals surface area (Å²) in [5.74, 6) is 1.15. The summed E-state index contributed by atoms with van der Waals surface area (Å²) in [5, 5.41) is 8.66. The van der Waals surface area contributed by atoms with Gasteiger partial charge in [0.25, 0.3) is 5.56 Å². The molecule has 2 N–H and O–H groups in total. The Kier molecular flexibility index (Phi) is 3.58. The SMILES string of the molecule is O=c1[nH]c2ccccc2nc1CSCCO. The van der Waals surface area contributed by atoms with Crippen molar-refractivity contribution < 1.29 is 5.11 Å². The smallest absolute Gasteiger partial charge is 0.270 e. The van der Waals surface area contributed by atoms with E-state index in [0.29, 0.717) is 17.2 Å². The Hall–Kier alpha value is -1.33. The Balaban J connectivity index is 2.31. The predicted molar refractivity (Wildman–Crippen MR) is 65.6 cm³/mol. The van der Waals surface area contributed by atoms with E-state index in [9.17, 15) is 4.79 Å².